The molecule has 8 nitrogen and oxygen atoms in total. The zero-order chi connectivity index (χ0) is 17.7. The van der Waals surface area contributed by atoms with E-state index < -0.39 is 29.2 Å². The summed E-state index contributed by atoms with van der Waals surface area (Å²) in [6, 6.07) is 6.47. The predicted molar refractivity (Wildman–Crippen MR) is 76.1 cm³/mol. The SMILES string of the molecule is O=C(Cn1ccc(C(F)(F)F)n1)N/N=C\c1ccccc1[N+](=O)[O-]. The summed E-state index contributed by atoms with van der Waals surface area (Å²) >= 11 is 0. The monoisotopic (exact) mass is 341 g/mol. The number of hydrazone groups is 1. The van der Waals surface area contributed by atoms with Gasteiger partial charge in [-0.3, -0.25) is 19.6 Å². The number of rotatable bonds is 5. The molecule has 0 aliphatic carbocycles. The molecule has 0 fully saturated rings. The van der Waals surface area contributed by atoms with Gasteiger partial charge in [0, 0.05) is 12.3 Å². The van der Waals surface area contributed by atoms with Gasteiger partial charge in [-0.15, -0.1) is 0 Å². The fourth-order valence-corrected chi connectivity index (χ4v) is 1.72. The van der Waals surface area contributed by atoms with E-state index in [1.54, 1.807) is 6.07 Å². The maximum atomic E-state index is 12.4. The normalized spacial score (nSPS) is 11.6. The highest BCUT2D eigenvalue weighted by molar-refractivity contribution is 5.86. The number of para-hydroxylation sites is 1. The van der Waals surface area contributed by atoms with Crippen LogP contribution in [0.4, 0.5) is 18.9 Å². The standard InChI is InChI=1S/C13H10F3N5O3/c14-13(15,16)11-5-6-20(19-11)8-12(22)18-17-7-9-3-1-2-4-10(9)21(23)24/h1-7H,8H2,(H,18,22)/b17-7-. The molecule has 1 heterocycles. The molecule has 0 saturated carbocycles. The number of nitro groups is 1. The first-order valence-corrected chi connectivity index (χ1v) is 6.43. The van der Waals surface area contributed by atoms with Crippen LogP contribution < -0.4 is 5.43 Å². The fraction of sp³-hybridized carbons (Fsp3) is 0.154. The Morgan fingerprint density at radius 1 is 1.38 bits per heavy atom. The number of carbonyl (C=O) groups is 1. The number of hydrogen-bond acceptors (Lipinski definition) is 5. The van der Waals surface area contributed by atoms with Crippen LogP contribution in [0.5, 0.6) is 0 Å². The lowest BCUT2D eigenvalue weighted by atomic mass is 10.2. The molecule has 1 amide bonds. The van der Waals surface area contributed by atoms with Crippen LogP contribution in [0.25, 0.3) is 0 Å². The number of amides is 1. The first-order chi connectivity index (χ1) is 11.3. The van der Waals surface area contributed by atoms with Gasteiger partial charge in [-0.25, -0.2) is 5.43 Å². The van der Waals surface area contributed by atoms with Crippen LogP contribution in [0.3, 0.4) is 0 Å². The summed E-state index contributed by atoms with van der Waals surface area (Å²) in [5, 5.41) is 17.6. The molecule has 1 aromatic heterocycles. The lowest BCUT2D eigenvalue weighted by Gasteiger charge is -2.02. The number of benzene rings is 1. The molecule has 0 aliphatic heterocycles. The molecule has 0 spiro atoms. The quantitative estimate of drug-likeness (QED) is 0.510. The van der Waals surface area contributed by atoms with Crippen molar-refractivity contribution in [2.45, 2.75) is 12.7 Å². The Kier molecular flexibility index (Phi) is 4.92. The fourth-order valence-electron chi connectivity index (χ4n) is 1.72. The highest BCUT2D eigenvalue weighted by Gasteiger charge is 2.33. The molecular formula is C13H10F3N5O3. The Morgan fingerprint density at radius 3 is 2.71 bits per heavy atom. The molecule has 2 aromatic rings. The van der Waals surface area contributed by atoms with Gasteiger partial charge in [0.1, 0.15) is 6.54 Å². The Balaban J connectivity index is 1.96. The minimum Gasteiger partial charge on any atom is -0.271 e. The first-order valence-electron chi connectivity index (χ1n) is 6.43. The van der Waals surface area contributed by atoms with Crippen molar-refractivity contribution in [1.82, 2.24) is 15.2 Å². The number of nitrogens with one attached hydrogen (secondary N) is 1. The van der Waals surface area contributed by atoms with Crippen molar-refractivity contribution in [2.75, 3.05) is 0 Å². The second kappa shape index (κ2) is 6.89. The third-order valence-corrected chi connectivity index (χ3v) is 2.76. The van der Waals surface area contributed by atoms with Gasteiger partial charge in [-0.2, -0.15) is 23.4 Å². The van der Waals surface area contributed by atoms with Gasteiger partial charge in [0.15, 0.2) is 5.69 Å². The molecule has 0 bridgehead atoms. The summed E-state index contributed by atoms with van der Waals surface area (Å²) in [5.41, 5.74) is 0.918. The number of carbonyl (C=O) groups excluding carboxylic acids is 1. The van der Waals surface area contributed by atoms with Gasteiger partial charge in [0.25, 0.3) is 11.6 Å². The van der Waals surface area contributed by atoms with Crippen molar-refractivity contribution in [3.05, 3.63) is 57.9 Å². The summed E-state index contributed by atoms with van der Waals surface area (Å²) in [4.78, 5) is 21.8. The summed E-state index contributed by atoms with van der Waals surface area (Å²) in [7, 11) is 0. The number of hydrogen-bond donors (Lipinski definition) is 1. The molecule has 24 heavy (non-hydrogen) atoms. The van der Waals surface area contributed by atoms with E-state index in [9.17, 15) is 28.1 Å². The molecule has 0 atom stereocenters. The van der Waals surface area contributed by atoms with E-state index in [0.29, 0.717) is 0 Å². The van der Waals surface area contributed by atoms with Gasteiger partial charge in [-0.05, 0) is 12.1 Å². The van der Waals surface area contributed by atoms with Crippen molar-refractivity contribution >= 4 is 17.8 Å². The number of aromatic nitrogens is 2. The lowest BCUT2D eigenvalue weighted by molar-refractivity contribution is -0.385. The summed E-state index contributed by atoms with van der Waals surface area (Å²) in [6.07, 6.45) is -2.51. The van der Waals surface area contributed by atoms with Crippen molar-refractivity contribution < 1.29 is 22.9 Å². The average Bonchev–Trinajstić information content (AvgIpc) is 2.96. The van der Waals surface area contributed by atoms with E-state index >= 15 is 0 Å². The summed E-state index contributed by atoms with van der Waals surface area (Å²) < 4.78 is 37.9. The van der Waals surface area contributed by atoms with Gasteiger partial charge >= 0.3 is 6.18 Å². The second-order valence-electron chi connectivity index (χ2n) is 4.51. The number of nitrogens with zero attached hydrogens (tertiary/aromatic N) is 4. The molecule has 1 N–H and O–H groups in total. The maximum Gasteiger partial charge on any atom is 0.435 e. The van der Waals surface area contributed by atoms with Crippen LogP contribution in [0.15, 0.2) is 41.6 Å². The van der Waals surface area contributed by atoms with Gasteiger partial charge in [0.2, 0.25) is 0 Å². The molecule has 0 aliphatic rings. The largest absolute Gasteiger partial charge is 0.435 e. The van der Waals surface area contributed by atoms with Crippen LogP contribution in [-0.4, -0.2) is 26.8 Å². The average molecular weight is 341 g/mol. The number of nitro benzene ring substituents is 1. The Hall–Kier alpha value is -3.24. The molecular weight excluding hydrogens is 331 g/mol. The van der Waals surface area contributed by atoms with Gasteiger partial charge < -0.3 is 0 Å². The topological polar surface area (TPSA) is 102 Å². The second-order valence-corrected chi connectivity index (χ2v) is 4.51. The van der Waals surface area contributed by atoms with Crippen molar-refractivity contribution in [1.29, 1.82) is 0 Å². The third-order valence-electron chi connectivity index (χ3n) is 2.76. The summed E-state index contributed by atoms with van der Waals surface area (Å²) in [6.45, 7) is -0.482. The Labute approximate surface area is 132 Å². The number of halogens is 3. The van der Waals surface area contributed by atoms with Crippen LogP contribution in [0, 0.1) is 10.1 Å². The van der Waals surface area contributed by atoms with E-state index in [1.165, 1.54) is 18.2 Å². The van der Waals surface area contributed by atoms with Gasteiger partial charge in [-0.1, -0.05) is 12.1 Å². The first kappa shape index (κ1) is 17.1. The van der Waals surface area contributed by atoms with E-state index in [1.807, 2.05) is 0 Å². The molecule has 0 radical (unpaired) electrons. The van der Waals surface area contributed by atoms with E-state index in [2.05, 4.69) is 15.6 Å². The molecule has 2 rings (SSSR count). The van der Waals surface area contributed by atoms with Crippen LogP contribution in [0.1, 0.15) is 11.3 Å². The Bertz CT molecular complexity index is 785. The lowest BCUT2D eigenvalue weighted by Crippen LogP contribution is -2.23. The highest BCUT2D eigenvalue weighted by Crippen LogP contribution is 2.27. The minimum absolute atomic E-state index is 0.168. The molecule has 11 heteroatoms. The molecule has 1 aromatic carbocycles. The zero-order valence-corrected chi connectivity index (χ0v) is 11.9. The van der Waals surface area contributed by atoms with Crippen molar-refractivity contribution in [3.63, 3.8) is 0 Å². The van der Waals surface area contributed by atoms with Crippen LogP contribution in [-0.2, 0) is 17.5 Å². The van der Waals surface area contributed by atoms with Gasteiger partial charge in [0.05, 0.1) is 16.7 Å². The highest BCUT2D eigenvalue weighted by atomic mass is 19.4. The van der Waals surface area contributed by atoms with E-state index in [0.717, 1.165) is 23.2 Å². The number of alkyl halides is 3. The van der Waals surface area contributed by atoms with Crippen molar-refractivity contribution in [2.24, 2.45) is 5.10 Å². The minimum atomic E-state index is -4.59. The molecule has 0 unspecified atom stereocenters. The van der Waals surface area contributed by atoms with Crippen molar-refractivity contribution in [3.8, 4) is 0 Å². The van der Waals surface area contributed by atoms with E-state index in [-0.39, 0.29) is 11.3 Å². The van der Waals surface area contributed by atoms with Crippen LogP contribution in [0.2, 0.25) is 0 Å². The predicted octanol–water partition coefficient (Wildman–Crippen LogP) is 1.96. The van der Waals surface area contributed by atoms with Crippen LogP contribution >= 0.6 is 0 Å². The third kappa shape index (κ3) is 4.38. The molecule has 126 valence electrons. The zero-order valence-electron chi connectivity index (χ0n) is 11.9. The maximum absolute atomic E-state index is 12.4. The Morgan fingerprint density at radius 2 is 2.08 bits per heavy atom. The van der Waals surface area contributed by atoms with E-state index in [4.69, 9.17) is 0 Å². The summed E-state index contributed by atoms with van der Waals surface area (Å²) in [5.74, 6) is -0.735. The smallest absolute Gasteiger partial charge is 0.271 e. The molecule has 0 saturated heterocycles.